The molecule has 10 heteroatoms. The molecule has 0 amide bonds. The Balaban J connectivity index is 1.73. The molecular weight excluding hydrogens is 446 g/mol. The van der Waals surface area contributed by atoms with Crippen molar-refractivity contribution in [2.24, 2.45) is 0 Å². The number of Topliss-reactive ketones (excluding diaryl/α,β-unsaturated/α-hetero) is 1. The summed E-state index contributed by atoms with van der Waals surface area (Å²) in [5.41, 5.74) is 0.414. The van der Waals surface area contributed by atoms with Crippen LogP contribution in [0.3, 0.4) is 0 Å². The van der Waals surface area contributed by atoms with Gasteiger partial charge in [-0.1, -0.05) is 35.9 Å². The molecule has 31 heavy (non-hydrogen) atoms. The predicted octanol–water partition coefficient (Wildman–Crippen LogP) is 4.34. The standard InChI is InChI=1S/C21H14ClNO7S/c22-14-7-5-13(6-8-14)20-21(19(24)17-3-1-2-4-18(17)29-20)30-31(27,28)16-11-9-15(10-12-16)23(25)26/h1-12,20-21H/t20-,21+/m1/s1. The molecule has 0 bridgehead atoms. The first-order valence-electron chi connectivity index (χ1n) is 8.99. The van der Waals surface area contributed by atoms with Crippen LogP contribution in [0, 0.1) is 10.1 Å². The molecule has 0 unspecified atom stereocenters. The Bertz CT molecular complexity index is 1260. The summed E-state index contributed by atoms with van der Waals surface area (Å²) in [4.78, 5) is 23.0. The fourth-order valence-corrected chi connectivity index (χ4v) is 4.35. The van der Waals surface area contributed by atoms with Crippen molar-refractivity contribution in [1.29, 1.82) is 0 Å². The highest BCUT2D eigenvalue weighted by atomic mass is 35.5. The van der Waals surface area contributed by atoms with Crippen LogP contribution in [0.5, 0.6) is 5.75 Å². The van der Waals surface area contributed by atoms with E-state index in [1.807, 2.05) is 0 Å². The van der Waals surface area contributed by atoms with Crippen molar-refractivity contribution in [3.63, 3.8) is 0 Å². The second-order valence-corrected chi connectivity index (χ2v) is 8.68. The quantitative estimate of drug-likeness (QED) is 0.317. The number of nitro groups is 1. The fourth-order valence-electron chi connectivity index (χ4n) is 3.18. The Morgan fingerprint density at radius 2 is 1.61 bits per heavy atom. The first kappa shape index (κ1) is 21.0. The van der Waals surface area contributed by atoms with E-state index in [4.69, 9.17) is 20.5 Å². The van der Waals surface area contributed by atoms with E-state index >= 15 is 0 Å². The second kappa shape index (κ2) is 8.10. The van der Waals surface area contributed by atoms with E-state index in [-0.39, 0.29) is 16.1 Å². The molecule has 0 fully saturated rings. The summed E-state index contributed by atoms with van der Waals surface area (Å²) < 4.78 is 37.0. The minimum absolute atomic E-state index is 0.191. The number of halogens is 1. The van der Waals surface area contributed by atoms with Gasteiger partial charge in [0.1, 0.15) is 5.75 Å². The van der Waals surface area contributed by atoms with Crippen molar-refractivity contribution >= 4 is 33.2 Å². The van der Waals surface area contributed by atoms with Crippen LogP contribution in [0.15, 0.2) is 77.7 Å². The van der Waals surface area contributed by atoms with E-state index in [2.05, 4.69) is 0 Å². The van der Waals surface area contributed by atoms with Gasteiger partial charge in [0.15, 0.2) is 12.2 Å². The largest absolute Gasteiger partial charge is 0.482 e. The van der Waals surface area contributed by atoms with E-state index < -0.39 is 33.0 Å². The zero-order valence-corrected chi connectivity index (χ0v) is 17.2. The summed E-state index contributed by atoms with van der Waals surface area (Å²) >= 11 is 5.94. The second-order valence-electron chi connectivity index (χ2n) is 6.67. The molecular formula is C21H14ClNO7S. The molecule has 0 N–H and O–H groups in total. The Morgan fingerprint density at radius 1 is 0.968 bits per heavy atom. The van der Waals surface area contributed by atoms with E-state index in [1.54, 1.807) is 42.5 Å². The summed E-state index contributed by atoms with van der Waals surface area (Å²) in [5.74, 6) is -0.257. The molecule has 1 aliphatic rings. The number of hydrogen-bond donors (Lipinski definition) is 0. The van der Waals surface area contributed by atoms with E-state index in [1.165, 1.54) is 6.07 Å². The number of benzene rings is 3. The van der Waals surface area contributed by atoms with Gasteiger partial charge in [0.05, 0.1) is 15.4 Å². The van der Waals surface area contributed by atoms with Gasteiger partial charge in [-0.15, -0.1) is 0 Å². The average molecular weight is 460 g/mol. The molecule has 0 aromatic heterocycles. The van der Waals surface area contributed by atoms with Crippen LogP contribution in [0.4, 0.5) is 5.69 Å². The lowest BCUT2D eigenvalue weighted by Crippen LogP contribution is -2.39. The third-order valence-corrected chi connectivity index (χ3v) is 6.27. The van der Waals surface area contributed by atoms with Crippen molar-refractivity contribution in [3.8, 4) is 5.75 Å². The van der Waals surface area contributed by atoms with Gasteiger partial charge in [0, 0.05) is 17.2 Å². The van der Waals surface area contributed by atoms with Crippen LogP contribution in [0.1, 0.15) is 22.0 Å². The molecule has 0 saturated carbocycles. The van der Waals surface area contributed by atoms with Gasteiger partial charge in [-0.3, -0.25) is 19.1 Å². The molecule has 2 atom stereocenters. The maximum Gasteiger partial charge on any atom is 0.297 e. The van der Waals surface area contributed by atoms with Crippen LogP contribution in [0.2, 0.25) is 5.02 Å². The number of non-ortho nitro benzene ring substituents is 1. The van der Waals surface area contributed by atoms with Gasteiger partial charge in [-0.2, -0.15) is 8.42 Å². The van der Waals surface area contributed by atoms with Crippen LogP contribution in [-0.2, 0) is 14.3 Å². The van der Waals surface area contributed by atoms with Crippen LogP contribution in [0.25, 0.3) is 0 Å². The lowest BCUT2D eigenvalue weighted by atomic mass is 9.94. The molecule has 3 aromatic rings. The molecule has 8 nitrogen and oxygen atoms in total. The number of fused-ring (bicyclic) bond motifs is 1. The van der Waals surface area contributed by atoms with Gasteiger partial charge in [0.25, 0.3) is 15.8 Å². The zero-order valence-electron chi connectivity index (χ0n) is 15.7. The third-order valence-electron chi connectivity index (χ3n) is 4.70. The number of ketones is 1. The fraction of sp³-hybridized carbons (Fsp3) is 0.0952. The van der Waals surface area contributed by atoms with Crippen LogP contribution >= 0.6 is 11.6 Å². The molecule has 0 aliphatic carbocycles. The summed E-state index contributed by atoms with van der Waals surface area (Å²) in [6.45, 7) is 0. The van der Waals surface area contributed by atoms with Gasteiger partial charge in [-0.05, 0) is 42.0 Å². The van der Waals surface area contributed by atoms with E-state index in [9.17, 15) is 23.3 Å². The molecule has 0 saturated heterocycles. The highest BCUT2D eigenvalue weighted by Gasteiger charge is 2.42. The Labute approximate surface area is 182 Å². The monoisotopic (exact) mass is 459 g/mol. The summed E-state index contributed by atoms with van der Waals surface area (Å²) in [6, 6.07) is 17.0. The highest BCUT2D eigenvalue weighted by Crippen LogP contribution is 2.38. The van der Waals surface area contributed by atoms with Crippen molar-refractivity contribution < 1.29 is 27.1 Å². The van der Waals surface area contributed by atoms with E-state index in [0.717, 1.165) is 24.3 Å². The Morgan fingerprint density at radius 3 is 2.26 bits per heavy atom. The molecule has 3 aromatic carbocycles. The molecule has 0 radical (unpaired) electrons. The molecule has 4 rings (SSSR count). The maximum atomic E-state index is 13.1. The summed E-state index contributed by atoms with van der Waals surface area (Å²) in [7, 11) is -4.44. The van der Waals surface area contributed by atoms with Crippen LogP contribution in [-0.4, -0.2) is 25.2 Å². The number of para-hydroxylation sites is 1. The number of hydrogen-bond acceptors (Lipinski definition) is 7. The minimum Gasteiger partial charge on any atom is -0.482 e. The first-order valence-corrected chi connectivity index (χ1v) is 10.8. The number of nitrogens with zero attached hydrogens (tertiary/aromatic N) is 1. The van der Waals surface area contributed by atoms with E-state index in [0.29, 0.717) is 16.3 Å². The normalized spacial score (nSPS) is 18.2. The topological polar surface area (TPSA) is 113 Å². The lowest BCUT2D eigenvalue weighted by Gasteiger charge is -2.32. The summed E-state index contributed by atoms with van der Waals surface area (Å²) in [6.07, 6.45) is -2.55. The Kier molecular flexibility index (Phi) is 5.48. The number of carbonyl (C=O) groups is 1. The first-order chi connectivity index (χ1) is 14.8. The number of ether oxygens (including phenoxy) is 1. The van der Waals surface area contributed by atoms with Crippen molar-refractivity contribution in [3.05, 3.63) is 99.1 Å². The van der Waals surface area contributed by atoms with Gasteiger partial charge < -0.3 is 4.74 Å². The molecule has 0 spiro atoms. The third kappa shape index (κ3) is 4.15. The number of rotatable bonds is 5. The zero-order chi connectivity index (χ0) is 22.2. The predicted molar refractivity (Wildman–Crippen MR) is 111 cm³/mol. The SMILES string of the molecule is O=C1c2ccccc2O[C@H](c2ccc(Cl)cc2)[C@H]1OS(=O)(=O)c1ccc([N+](=O)[O-])cc1. The van der Waals surface area contributed by atoms with Crippen LogP contribution < -0.4 is 4.74 Å². The average Bonchev–Trinajstić information content (AvgIpc) is 2.76. The highest BCUT2D eigenvalue weighted by molar-refractivity contribution is 7.86. The molecule has 1 aliphatic heterocycles. The molecule has 158 valence electrons. The lowest BCUT2D eigenvalue weighted by molar-refractivity contribution is -0.384. The van der Waals surface area contributed by atoms with Gasteiger partial charge >= 0.3 is 0 Å². The van der Waals surface area contributed by atoms with Crippen molar-refractivity contribution in [2.45, 2.75) is 17.1 Å². The van der Waals surface area contributed by atoms with Crippen molar-refractivity contribution in [2.75, 3.05) is 0 Å². The number of carbonyl (C=O) groups excluding carboxylic acids is 1. The minimum atomic E-state index is -4.44. The Hall–Kier alpha value is -3.27. The van der Waals surface area contributed by atoms with Gasteiger partial charge in [-0.25, -0.2) is 0 Å². The molecule has 1 heterocycles. The summed E-state index contributed by atoms with van der Waals surface area (Å²) in [5, 5.41) is 11.3. The maximum absolute atomic E-state index is 13.1. The smallest absolute Gasteiger partial charge is 0.297 e. The number of nitro benzene ring substituents is 1. The van der Waals surface area contributed by atoms with Gasteiger partial charge in [0.2, 0.25) is 5.78 Å². The van der Waals surface area contributed by atoms with Crippen molar-refractivity contribution in [1.82, 2.24) is 0 Å².